The Morgan fingerprint density at radius 3 is 2.45 bits per heavy atom. The summed E-state index contributed by atoms with van der Waals surface area (Å²) >= 11 is 0. The fourth-order valence-corrected chi connectivity index (χ4v) is 4.38. The van der Waals surface area contributed by atoms with Crippen LogP contribution in [0.2, 0.25) is 0 Å². The minimum absolute atomic E-state index is 0.0583. The van der Waals surface area contributed by atoms with Crippen LogP contribution in [-0.2, 0) is 27.8 Å². The van der Waals surface area contributed by atoms with E-state index < -0.39 is 10.0 Å². The van der Waals surface area contributed by atoms with Crippen LogP contribution in [0.15, 0.2) is 77.7 Å². The molecule has 0 fully saturated rings. The topological polar surface area (TPSA) is 122 Å². The summed E-state index contributed by atoms with van der Waals surface area (Å²) in [4.78, 5) is 27.4. The molecule has 4 rings (SSSR count). The summed E-state index contributed by atoms with van der Waals surface area (Å²) < 4.78 is 23.2. The minimum Gasteiger partial charge on any atom is -0.362 e. The van der Waals surface area contributed by atoms with Crippen molar-refractivity contribution in [2.24, 2.45) is 5.14 Å². The van der Waals surface area contributed by atoms with Crippen LogP contribution in [0.5, 0.6) is 0 Å². The molecular weight excluding hydrogens is 440 g/mol. The quantitative estimate of drug-likeness (QED) is 0.495. The number of fused-ring (bicyclic) bond motifs is 1. The molecule has 3 aromatic carbocycles. The van der Waals surface area contributed by atoms with Gasteiger partial charge in [0.15, 0.2) is 0 Å². The molecule has 1 heterocycles. The maximum Gasteiger partial charge on any atom is 0.253 e. The summed E-state index contributed by atoms with van der Waals surface area (Å²) in [6, 6.07) is 21.1. The Bertz CT molecular complexity index is 1290. The average molecular weight is 465 g/mol. The van der Waals surface area contributed by atoms with Gasteiger partial charge in [-0.2, -0.15) is 0 Å². The van der Waals surface area contributed by atoms with Gasteiger partial charge in [0.05, 0.1) is 22.7 Å². The zero-order valence-corrected chi connectivity index (χ0v) is 18.6. The summed E-state index contributed by atoms with van der Waals surface area (Å²) in [5, 5.41) is 10.9. The number of primary sulfonamides is 1. The molecule has 3 aromatic rings. The van der Waals surface area contributed by atoms with Gasteiger partial charge in [-0.25, -0.2) is 13.6 Å². The van der Waals surface area contributed by atoms with Crippen molar-refractivity contribution in [1.29, 1.82) is 0 Å². The third-order valence-corrected chi connectivity index (χ3v) is 6.36. The van der Waals surface area contributed by atoms with Gasteiger partial charge in [-0.3, -0.25) is 9.59 Å². The number of benzene rings is 3. The fraction of sp³-hybridized carbons (Fsp3) is 0.167. The number of sulfonamides is 1. The number of hydrogen-bond acceptors (Lipinski definition) is 5. The first-order chi connectivity index (χ1) is 15.8. The highest BCUT2D eigenvalue weighted by atomic mass is 32.2. The van der Waals surface area contributed by atoms with E-state index in [1.54, 1.807) is 36.4 Å². The Hall–Kier alpha value is -3.69. The largest absolute Gasteiger partial charge is 0.362 e. The lowest BCUT2D eigenvalue weighted by Crippen LogP contribution is -2.32. The van der Waals surface area contributed by atoms with Gasteiger partial charge in [0.1, 0.15) is 0 Å². The normalized spacial score (nSPS) is 12.8. The molecular formula is C24H24N4O4S. The molecule has 0 saturated carbocycles. The summed E-state index contributed by atoms with van der Waals surface area (Å²) in [6.07, 6.45) is 0.616. The lowest BCUT2D eigenvalue weighted by Gasteiger charge is -2.19. The van der Waals surface area contributed by atoms with E-state index in [0.717, 1.165) is 16.8 Å². The molecule has 2 amide bonds. The van der Waals surface area contributed by atoms with Gasteiger partial charge < -0.3 is 15.5 Å². The third-order valence-electron chi connectivity index (χ3n) is 5.45. The Kier molecular flexibility index (Phi) is 6.43. The monoisotopic (exact) mass is 464 g/mol. The summed E-state index contributed by atoms with van der Waals surface area (Å²) in [5.41, 5.74) is 3.41. The van der Waals surface area contributed by atoms with Crippen LogP contribution in [0.1, 0.15) is 21.5 Å². The predicted octanol–water partition coefficient (Wildman–Crippen LogP) is 2.27. The molecule has 0 aromatic heterocycles. The van der Waals surface area contributed by atoms with Crippen molar-refractivity contribution in [3.63, 3.8) is 0 Å². The summed E-state index contributed by atoms with van der Waals surface area (Å²) in [7, 11) is -3.78. The number of nitrogens with one attached hydrogen (secondary N) is 2. The van der Waals surface area contributed by atoms with E-state index >= 15 is 0 Å². The molecule has 0 unspecified atom stereocenters. The molecule has 170 valence electrons. The van der Waals surface area contributed by atoms with Crippen LogP contribution in [0.4, 0.5) is 11.4 Å². The molecule has 8 nitrogen and oxygen atoms in total. The first-order valence-corrected chi connectivity index (χ1v) is 12.0. The van der Waals surface area contributed by atoms with Crippen LogP contribution in [-0.4, -0.2) is 33.3 Å². The molecule has 0 radical (unpaired) electrons. The van der Waals surface area contributed by atoms with Crippen LogP contribution < -0.4 is 20.7 Å². The number of nitrogens with zero attached hydrogens (tertiary/aromatic N) is 1. The lowest BCUT2D eigenvalue weighted by molar-refractivity contribution is -0.115. The van der Waals surface area contributed by atoms with Crippen molar-refractivity contribution in [3.8, 4) is 0 Å². The van der Waals surface area contributed by atoms with Crippen LogP contribution in [0.3, 0.4) is 0 Å². The van der Waals surface area contributed by atoms with Gasteiger partial charge in [-0.1, -0.05) is 42.5 Å². The van der Waals surface area contributed by atoms with Crippen molar-refractivity contribution in [2.75, 3.05) is 23.3 Å². The van der Waals surface area contributed by atoms with E-state index in [1.165, 1.54) is 6.07 Å². The molecule has 0 aliphatic carbocycles. The average Bonchev–Trinajstić information content (AvgIpc) is 3.20. The van der Waals surface area contributed by atoms with Crippen LogP contribution in [0.25, 0.3) is 0 Å². The number of para-hydroxylation sites is 1. The van der Waals surface area contributed by atoms with Gasteiger partial charge in [-0.05, 0) is 47.9 Å². The van der Waals surface area contributed by atoms with Crippen molar-refractivity contribution in [3.05, 3.63) is 89.5 Å². The van der Waals surface area contributed by atoms with E-state index in [2.05, 4.69) is 10.6 Å². The number of anilines is 2. The molecule has 33 heavy (non-hydrogen) atoms. The molecule has 0 bridgehead atoms. The standard InChI is InChI=1S/C24H24N4O4S/c25-33(31,32)19-10-11-22-18(14-19)12-13-28(22)16-23(29)27-21-9-5-4-8-20(21)24(30)26-15-17-6-2-1-3-7-17/h1-11,14H,12-13,15-16H2,(H,26,30)(H,27,29)(H2,25,31,32). The van der Waals surface area contributed by atoms with E-state index in [4.69, 9.17) is 5.14 Å². The lowest BCUT2D eigenvalue weighted by atomic mass is 10.1. The maximum atomic E-state index is 12.8. The second kappa shape index (κ2) is 9.43. The van der Waals surface area contributed by atoms with Gasteiger partial charge in [0.25, 0.3) is 5.91 Å². The molecule has 4 N–H and O–H groups in total. The summed E-state index contributed by atoms with van der Waals surface area (Å²) in [6.45, 7) is 1.03. The van der Waals surface area contributed by atoms with Gasteiger partial charge in [0, 0.05) is 18.8 Å². The van der Waals surface area contributed by atoms with Crippen molar-refractivity contribution in [2.45, 2.75) is 17.9 Å². The predicted molar refractivity (Wildman–Crippen MR) is 126 cm³/mol. The first kappa shape index (κ1) is 22.5. The smallest absolute Gasteiger partial charge is 0.253 e. The fourth-order valence-electron chi connectivity index (χ4n) is 3.81. The number of rotatable bonds is 7. The van der Waals surface area contributed by atoms with Crippen LogP contribution in [0, 0.1) is 0 Å². The number of carbonyl (C=O) groups excluding carboxylic acids is 2. The molecule has 1 aliphatic heterocycles. The zero-order valence-electron chi connectivity index (χ0n) is 17.8. The number of carbonyl (C=O) groups is 2. The molecule has 0 spiro atoms. The highest BCUT2D eigenvalue weighted by Gasteiger charge is 2.23. The van der Waals surface area contributed by atoms with Crippen molar-refractivity contribution in [1.82, 2.24) is 5.32 Å². The Balaban J connectivity index is 1.41. The Morgan fingerprint density at radius 2 is 1.70 bits per heavy atom. The second-order valence-corrected chi connectivity index (χ2v) is 9.33. The number of amides is 2. The number of nitrogens with two attached hydrogens (primary N) is 1. The zero-order chi connectivity index (χ0) is 23.4. The maximum absolute atomic E-state index is 12.8. The van der Waals surface area contributed by atoms with Crippen molar-refractivity contribution < 1.29 is 18.0 Å². The third kappa shape index (κ3) is 5.39. The molecule has 0 atom stereocenters. The minimum atomic E-state index is -3.78. The molecule has 1 aliphatic rings. The molecule has 9 heteroatoms. The van der Waals surface area contributed by atoms with Crippen LogP contribution >= 0.6 is 0 Å². The van der Waals surface area contributed by atoms with E-state index in [0.29, 0.717) is 30.8 Å². The highest BCUT2D eigenvalue weighted by molar-refractivity contribution is 7.89. The van der Waals surface area contributed by atoms with E-state index in [9.17, 15) is 18.0 Å². The Labute approximate surface area is 192 Å². The SMILES string of the molecule is NS(=O)(=O)c1ccc2c(c1)CCN2CC(=O)Nc1ccccc1C(=O)NCc1ccccc1. The van der Waals surface area contributed by atoms with Gasteiger partial charge in [0.2, 0.25) is 15.9 Å². The first-order valence-electron chi connectivity index (χ1n) is 10.4. The van der Waals surface area contributed by atoms with E-state index in [1.807, 2.05) is 35.2 Å². The Morgan fingerprint density at radius 1 is 0.970 bits per heavy atom. The number of hydrogen-bond donors (Lipinski definition) is 3. The highest BCUT2D eigenvalue weighted by Crippen LogP contribution is 2.29. The van der Waals surface area contributed by atoms with Gasteiger partial charge in [-0.15, -0.1) is 0 Å². The van der Waals surface area contributed by atoms with Gasteiger partial charge >= 0.3 is 0 Å². The second-order valence-electron chi connectivity index (χ2n) is 7.77. The molecule has 0 saturated heterocycles. The van der Waals surface area contributed by atoms with Crippen molar-refractivity contribution >= 4 is 33.2 Å². The van der Waals surface area contributed by atoms with E-state index in [-0.39, 0.29) is 23.3 Å². The summed E-state index contributed by atoms with van der Waals surface area (Å²) in [5.74, 6) is -0.557.